The van der Waals surface area contributed by atoms with Crippen molar-refractivity contribution in [1.29, 1.82) is 0 Å². The zero-order valence-electron chi connectivity index (χ0n) is 16.7. The van der Waals surface area contributed by atoms with Crippen molar-refractivity contribution in [3.8, 4) is 0 Å². The van der Waals surface area contributed by atoms with Crippen LogP contribution in [-0.2, 0) is 11.3 Å². The van der Waals surface area contributed by atoms with Gasteiger partial charge in [-0.2, -0.15) is 0 Å². The fourth-order valence-electron chi connectivity index (χ4n) is 3.49. The van der Waals surface area contributed by atoms with Gasteiger partial charge in [0.1, 0.15) is 23.4 Å². The molecule has 9 heteroatoms. The van der Waals surface area contributed by atoms with Gasteiger partial charge >= 0.3 is 0 Å². The lowest BCUT2D eigenvalue weighted by Gasteiger charge is -2.11. The second-order valence-corrected chi connectivity index (χ2v) is 10.8. The summed E-state index contributed by atoms with van der Waals surface area (Å²) < 4.78 is 3.50. The molecule has 5 rings (SSSR count). The van der Waals surface area contributed by atoms with E-state index >= 15 is 0 Å². The summed E-state index contributed by atoms with van der Waals surface area (Å²) in [7, 11) is 3.64. The van der Waals surface area contributed by atoms with Crippen LogP contribution in [0.2, 0.25) is 0 Å². The number of para-hydroxylation sites is 1. The van der Waals surface area contributed by atoms with Crippen molar-refractivity contribution in [3.63, 3.8) is 0 Å². The highest BCUT2D eigenvalue weighted by molar-refractivity contribution is 8.30. The quantitative estimate of drug-likeness (QED) is 0.523. The Labute approximate surface area is 196 Å². The van der Waals surface area contributed by atoms with Crippen LogP contribution in [0.4, 0.5) is 5.69 Å². The Hall–Kier alpha value is -2.33. The zero-order chi connectivity index (χ0) is 21.7. The summed E-state index contributed by atoms with van der Waals surface area (Å²) in [6.45, 7) is 0.397. The summed E-state index contributed by atoms with van der Waals surface area (Å²) in [5.41, 5.74) is 1.99. The average molecular weight is 484 g/mol. The first-order valence-electron chi connectivity index (χ1n) is 9.48. The fourth-order valence-corrected chi connectivity index (χ4v) is 7.28. The van der Waals surface area contributed by atoms with Gasteiger partial charge in [-0.3, -0.25) is 19.1 Å². The molecule has 156 valence electrons. The van der Waals surface area contributed by atoms with Crippen LogP contribution in [0.5, 0.6) is 0 Å². The molecule has 0 spiro atoms. The molecule has 2 aromatic carbocycles. The molecule has 0 N–H and O–H groups in total. The molecule has 5 nitrogen and oxygen atoms in total. The number of hydrogen-bond donors (Lipinski definition) is 0. The summed E-state index contributed by atoms with van der Waals surface area (Å²) >= 11 is 9.54. The van der Waals surface area contributed by atoms with E-state index in [0.717, 1.165) is 21.2 Å². The third kappa shape index (κ3) is 3.45. The van der Waals surface area contributed by atoms with E-state index in [2.05, 4.69) is 11.0 Å². The SMILES string of the molecule is CN1C(=O)C(=c2sc(=C3Sc4ccccc4N3C)c(=O)n2Cc2ccccc2)SC1=S. The largest absolute Gasteiger partial charge is 0.337 e. The Kier molecular flexibility index (Phi) is 5.29. The zero-order valence-corrected chi connectivity index (χ0v) is 20.0. The number of fused-ring (bicyclic) bond motifs is 1. The number of carbonyl (C=O) groups is 1. The Morgan fingerprint density at radius 2 is 1.61 bits per heavy atom. The van der Waals surface area contributed by atoms with E-state index < -0.39 is 0 Å². The van der Waals surface area contributed by atoms with E-state index in [9.17, 15) is 9.59 Å². The van der Waals surface area contributed by atoms with E-state index in [4.69, 9.17) is 12.2 Å². The van der Waals surface area contributed by atoms with Crippen molar-refractivity contribution in [2.24, 2.45) is 0 Å². The van der Waals surface area contributed by atoms with Gasteiger partial charge in [0.2, 0.25) is 0 Å². The molecule has 0 saturated carbocycles. The number of amides is 1. The van der Waals surface area contributed by atoms with Gasteiger partial charge < -0.3 is 4.90 Å². The Balaban J connectivity index is 1.78. The molecule has 1 aromatic heterocycles. The molecule has 1 saturated heterocycles. The van der Waals surface area contributed by atoms with Gasteiger partial charge in [-0.25, -0.2) is 0 Å². The predicted molar refractivity (Wildman–Crippen MR) is 134 cm³/mol. The van der Waals surface area contributed by atoms with Crippen LogP contribution >= 0.6 is 47.1 Å². The third-order valence-electron chi connectivity index (χ3n) is 5.16. The average Bonchev–Trinajstić information content (AvgIpc) is 3.37. The molecule has 1 amide bonds. The molecule has 0 aliphatic carbocycles. The number of aromatic nitrogens is 1. The van der Waals surface area contributed by atoms with Crippen LogP contribution in [0.1, 0.15) is 5.56 Å². The van der Waals surface area contributed by atoms with Crippen LogP contribution in [0.3, 0.4) is 0 Å². The molecule has 3 heterocycles. The normalized spacial score (nSPS) is 19.4. The van der Waals surface area contributed by atoms with E-state index in [1.165, 1.54) is 28.0 Å². The van der Waals surface area contributed by atoms with Crippen LogP contribution in [0.15, 0.2) is 64.3 Å². The van der Waals surface area contributed by atoms with Crippen molar-refractivity contribution < 1.29 is 4.79 Å². The Bertz CT molecular complexity index is 1410. The van der Waals surface area contributed by atoms with E-state index in [-0.39, 0.29) is 11.5 Å². The number of rotatable bonds is 2. The monoisotopic (exact) mass is 483 g/mol. The molecular weight excluding hydrogens is 467 g/mol. The highest BCUT2D eigenvalue weighted by atomic mass is 32.2. The molecule has 3 aromatic rings. The van der Waals surface area contributed by atoms with E-state index in [1.807, 2.05) is 55.6 Å². The topological polar surface area (TPSA) is 45.6 Å². The molecule has 0 bridgehead atoms. The van der Waals surface area contributed by atoms with Gasteiger partial charge in [0, 0.05) is 19.0 Å². The smallest absolute Gasteiger partial charge is 0.272 e. The van der Waals surface area contributed by atoms with Gasteiger partial charge in [-0.05, 0) is 17.7 Å². The maximum atomic E-state index is 13.6. The number of thioether (sulfide) groups is 2. The number of benzene rings is 2. The van der Waals surface area contributed by atoms with Crippen LogP contribution in [0, 0.1) is 0 Å². The van der Waals surface area contributed by atoms with Crippen LogP contribution < -0.4 is 19.7 Å². The first kappa shape index (κ1) is 20.6. The number of thiocarbonyl (C=S) groups is 1. The van der Waals surface area contributed by atoms with E-state index in [0.29, 0.717) is 25.0 Å². The number of hydrogen-bond acceptors (Lipinski definition) is 7. The molecule has 0 atom stereocenters. The summed E-state index contributed by atoms with van der Waals surface area (Å²) in [5, 5.41) is 0.885. The molecule has 2 aliphatic heterocycles. The van der Waals surface area contributed by atoms with Crippen molar-refractivity contribution >= 4 is 72.9 Å². The van der Waals surface area contributed by atoms with Gasteiger partial charge in [0.25, 0.3) is 11.5 Å². The van der Waals surface area contributed by atoms with Gasteiger partial charge in [0.05, 0.1) is 12.2 Å². The number of carbonyl (C=O) groups excluding carboxylic acids is 1. The molecule has 2 aliphatic rings. The number of anilines is 1. The minimum atomic E-state index is -0.162. The van der Waals surface area contributed by atoms with Crippen LogP contribution in [0.25, 0.3) is 9.93 Å². The molecule has 0 unspecified atom stereocenters. The molecule has 31 heavy (non-hydrogen) atoms. The maximum absolute atomic E-state index is 13.6. The highest BCUT2D eigenvalue weighted by Crippen LogP contribution is 2.45. The minimum Gasteiger partial charge on any atom is -0.337 e. The summed E-state index contributed by atoms with van der Waals surface area (Å²) in [6.07, 6.45) is 0. The van der Waals surface area contributed by atoms with Crippen molar-refractivity contribution in [2.45, 2.75) is 11.4 Å². The molecule has 1 fully saturated rings. The van der Waals surface area contributed by atoms with Gasteiger partial charge in [0.15, 0.2) is 0 Å². The maximum Gasteiger partial charge on any atom is 0.272 e. The predicted octanol–water partition coefficient (Wildman–Crippen LogP) is 2.86. The number of thiazole rings is 1. The standard InChI is InChI=1S/C22H17N3O2S4/c1-23-14-10-6-7-11-15(14)29-20(23)17-19(27)25(12-13-8-4-3-5-9-13)21(30-17)16-18(26)24(2)22(28)31-16/h3-11H,12H2,1-2H3. The van der Waals surface area contributed by atoms with Gasteiger partial charge in [-0.1, -0.05) is 78.2 Å². The summed E-state index contributed by atoms with van der Waals surface area (Å²) in [6, 6.07) is 17.9. The third-order valence-corrected chi connectivity index (χ3v) is 9.38. The van der Waals surface area contributed by atoms with Gasteiger partial charge in [-0.15, -0.1) is 11.3 Å². The van der Waals surface area contributed by atoms with Crippen LogP contribution in [-0.4, -0.2) is 33.8 Å². The summed E-state index contributed by atoms with van der Waals surface area (Å²) in [5.74, 6) is -0.162. The molecule has 0 radical (unpaired) electrons. The van der Waals surface area contributed by atoms with Crippen molar-refractivity contribution in [3.05, 3.63) is 79.7 Å². The van der Waals surface area contributed by atoms with Crippen molar-refractivity contribution in [1.82, 2.24) is 9.47 Å². The lowest BCUT2D eigenvalue weighted by molar-refractivity contribution is -0.119. The first-order chi connectivity index (χ1) is 15.0. The fraction of sp³-hybridized carbons (Fsp3) is 0.136. The van der Waals surface area contributed by atoms with E-state index in [1.54, 1.807) is 23.4 Å². The Morgan fingerprint density at radius 1 is 0.903 bits per heavy atom. The first-order valence-corrected chi connectivity index (χ1v) is 12.3. The second-order valence-electron chi connectivity index (χ2n) is 7.11. The lowest BCUT2D eigenvalue weighted by Crippen LogP contribution is -2.35. The Morgan fingerprint density at radius 3 is 2.29 bits per heavy atom. The minimum absolute atomic E-state index is 0.0904. The second kappa shape index (κ2) is 7.98. The lowest BCUT2D eigenvalue weighted by atomic mass is 10.2. The molecular formula is C22H17N3O2S4. The highest BCUT2D eigenvalue weighted by Gasteiger charge is 2.32. The summed E-state index contributed by atoms with van der Waals surface area (Å²) in [4.78, 5) is 31.6. The number of nitrogens with zero attached hydrogens (tertiary/aromatic N) is 3. The van der Waals surface area contributed by atoms with Crippen molar-refractivity contribution in [2.75, 3.05) is 19.0 Å².